The minimum Gasteiger partial charge on any atom is -0.459 e. The molecule has 0 spiro atoms. The van der Waals surface area contributed by atoms with Gasteiger partial charge in [0, 0.05) is 19.1 Å². The lowest BCUT2D eigenvalue weighted by atomic mass is 10.0. The number of hydrogen-bond acceptors (Lipinski definition) is 5. The van der Waals surface area contributed by atoms with Gasteiger partial charge in [-0.15, -0.1) is 0 Å². The number of carbonyl (C=O) groups excluding carboxylic acids is 2. The van der Waals surface area contributed by atoms with Crippen molar-refractivity contribution in [2.45, 2.75) is 32.0 Å². The van der Waals surface area contributed by atoms with E-state index in [2.05, 4.69) is 5.32 Å². The second-order valence-corrected chi connectivity index (χ2v) is 8.64. The molecule has 0 radical (unpaired) electrons. The Morgan fingerprint density at radius 2 is 1.83 bits per heavy atom. The maximum atomic E-state index is 12.6. The fourth-order valence-electron chi connectivity index (χ4n) is 3.33. The van der Waals surface area contributed by atoms with Crippen molar-refractivity contribution in [2.75, 3.05) is 24.6 Å². The predicted octanol–water partition coefficient (Wildman–Crippen LogP) is 0.321. The molecule has 3 amide bonds. The highest BCUT2D eigenvalue weighted by Gasteiger charge is 2.49. The third-order valence-corrected chi connectivity index (χ3v) is 6.04. The van der Waals surface area contributed by atoms with Gasteiger partial charge in [0.25, 0.3) is 5.91 Å². The highest BCUT2D eigenvalue weighted by molar-refractivity contribution is 7.91. The van der Waals surface area contributed by atoms with E-state index in [0.717, 1.165) is 0 Å². The summed E-state index contributed by atoms with van der Waals surface area (Å²) in [6.45, 7) is 4.26. The van der Waals surface area contributed by atoms with E-state index >= 15 is 0 Å². The predicted molar refractivity (Wildman–Crippen MR) is 86.3 cm³/mol. The largest absolute Gasteiger partial charge is 0.459 e. The first-order chi connectivity index (χ1) is 11.3. The summed E-state index contributed by atoms with van der Waals surface area (Å²) in [4.78, 5) is 28.0. The SMILES string of the molecule is CC(C)NC(=O)N1CCN(C(=O)c2ccco2)[C@@H]2CS(=O)(=O)C[C@@H]21. The zero-order chi connectivity index (χ0) is 17.5. The molecule has 2 fully saturated rings. The van der Waals surface area contributed by atoms with Crippen molar-refractivity contribution in [2.24, 2.45) is 0 Å². The first-order valence-corrected chi connectivity index (χ1v) is 9.72. The summed E-state index contributed by atoms with van der Waals surface area (Å²) in [5.74, 6) is -0.408. The summed E-state index contributed by atoms with van der Waals surface area (Å²) in [5.41, 5.74) is 0. The van der Waals surface area contributed by atoms with Crippen LogP contribution in [0.25, 0.3) is 0 Å². The Morgan fingerprint density at radius 1 is 1.21 bits per heavy atom. The topological polar surface area (TPSA) is 99.9 Å². The Hall–Kier alpha value is -2.03. The minimum atomic E-state index is -3.31. The van der Waals surface area contributed by atoms with E-state index in [1.165, 1.54) is 11.2 Å². The lowest BCUT2D eigenvalue weighted by Gasteiger charge is -2.43. The van der Waals surface area contributed by atoms with Crippen molar-refractivity contribution >= 4 is 21.8 Å². The van der Waals surface area contributed by atoms with Crippen molar-refractivity contribution < 1.29 is 22.4 Å². The fraction of sp³-hybridized carbons (Fsp3) is 0.600. The molecular formula is C15H21N3O5S. The van der Waals surface area contributed by atoms with Crippen LogP contribution in [-0.2, 0) is 9.84 Å². The summed E-state index contributed by atoms with van der Waals surface area (Å²) in [5, 5.41) is 2.79. The standard InChI is InChI=1S/C15H21N3O5S/c1-10(2)16-15(20)18-6-5-17(14(19)13-4-3-7-23-13)11-8-24(21,22)9-12(11)18/h3-4,7,10-12H,5-6,8-9H2,1-2H3,(H,16,20)/t11-,12+/m1/s1. The monoisotopic (exact) mass is 355 g/mol. The molecule has 3 rings (SSSR count). The Labute approximate surface area is 140 Å². The van der Waals surface area contributed by atoms with Gasteiger partial charge < -0.3 is 19.5 Å². The van der Waals surface area contributed by atoms with E-state index in [4.69, 9.17) is 4.42 Å². The maximum Gasteiger partial charge on any atom is 0.318 e. The van der Waals surface area contributed by atoms with E-state index in [-0.39, 0.29) is 41.8 Å². The molecule has 1 aromatic heterocycles. The zero-order valence-electron chi connectivity index (χ0n) is 13.6. The quantitative estimate of drug-likeness (QED) is 0.824. The third kappa shape index (κ3) is 3.12. The molecule has 8 nitrogen and oxygen atoms in total. The normalized spacial score (nSPS) is 25.6. The number of rotatable bonds is 2. The van der Waals surface area contributed by atoms with Crippen molar-refractivity contribution in [1.82, 2.24) is 15.1 Å². The average molecular weight is 355 g/mol. The molecule has 0 aromatic carbocycles. The molecule has 0 saturated carbocycles. The highest BCUT2D eigenvalue weighted by Crippen LogP contribution is 2.28. The number of piperazine rings is 1. The third-order valence-electron chi connectivity index (χ3n) is 4.34. The van der Waals surface area contributed by atoms with Crippen LogP contribution in [-0.4, -0.2) is 72.9 Å². The van der Waals surface area contributed by atoms with Crippen LogP contribution < -0.4 is 5.32 Å². The molecular weight excluding hydrogens is 334 g/mol. The van der Waals surface area contributed by atoms with Gasteiger partial charge in [0.1, 0.15) is 0 Å². The van der Waals surface area contributed by atoms with Crippen LogP contribution in [0, 0.1) is 0 Å². The van der Waals surface area contributed by atoms with Crippen molar-refractivity contribution in [3.05, 3.63) is 24.2 Å². The Kier molecular flexibility index (Phi) is 4.29. The molecule has 24 heavy (non-hydrogen) atoms. The van der Waals surface area contributed by atoms with Crippen molar-refractivity contribution in [1.29, 1.82) is 0 Å². The Balaban J connectivity index is 1.85. The van der Waals surface area contributed by atoms with Gasteiger partial charge in [0.15, 0.2) is 15.6 Å². The molecule has 3 heterocycles. The van der Waals surface area contributed by atoms with Gasteiger partial charge in [-0.1, -0.05) is 0 Å². The molecule has 2 atom stereocenters. The lowest BCUT2D eigenvalue weighted by molar-refractivity contribution is 0.0398. The van der Waals surface area contributed by atoms with Gasteiger partial charge in [0.05, 0.1) is 29.9 Å². The van der Waals surface area contributed by atoms with Crippen molar-refractivity contribution in [3.8, 4) is 0 Å². The van der Waals surface area contributed by atoms with E-state index in [0.29, 0.717) is 6.54 Å². The number of nitrogens with one attached hydrogen (secondary N) is 1. The number of carbonyl (C=O) groups is 2. The number of sulfone groups is 1. The van der Waals surface area contributed by atoms with Gasteiger partial charge in [-0.3, -0.25) is 4.79 Å². The second kappa shape index (κ2) is 6.12. The van der Waals surface area contributed by atoms with Crippen LogP contribution in [0.15, 0.2) is 22.8 Å². The summed E-state index contributed by atoms with van der Waals surface area (Å²) in [6.07, 6.45) is 1.41. The number of furan rings is 1. The summed E-state index contributed by atoms with van der Waals surface area (Å²) >= 11 is 0. The van der Waals surface area contributed by atoms with Gasteiger partial charge in [-0.2, -0.15) is 0 Å². The molecule has 2 saturated heterocycles. The van der Waals surface area contributed by atoms with Crippen LogP contribution in [0.3, 0.4) is 0 Å². The van der Waals surface area contributed by atoms with E-state index in [9.17, 15) is 18.0 Å². The van der Waals surface area contributed by atoms with Crippen LogP contribution in [0.5, 0.6) is 0 Å². The van der Waals surface area contributed by atoms with Crippen LogP contribution in [0.1, 0.15) is 24.4 Å². The maximum absolute atomic E-state index is 12.6. The highest BCUT2D eigenvalue weighted by atomic mass is 32.2. The average Bonchev–Trinajstić information content (AvgIpc) is 3.10. The molecule has 0 bridgehead atoms. The minimum absolute atomic E-state index is 0.0447. The van der Waals surface area contributed by atoms with Crippen LogP contribution in [0.2, 0.25) is 0 Å². The molecule has 0 unspecified atom stereocenters. The lowest BCUT2D eigenvalue weighted by Crippen LogP contribution is -2.63. The number of hydrogen-bond donors (Lipinski definition) is 1. The summed E-state index contributed by atoms with van der Waals surface area (Å²) < 4.78 is 29.4. The van der Waals surface area contributed by atoms with Crippen LogP contribution >= 0.6 is 0 Å². The smallest absolute Gasteiger partial charge is 0.318 e. The van der Waals surface area contributed by atoms with E-state index in [1.54, 1.807) is 17.0 Å². The molecule has 1 N–H and O–H groups in total. The molecule has 1 aromatic rings. The summed E-state index contributed by atoms with van der Waals surface area (Å²) in [6, 6.07) is 1.76. The Bertz CT molecular complexity index is 728. The fourth-order valence-corrected chi connectivity index (χ4v) is 5.31. The van der Waals surface area contributed by atoms with E-state index in [1.807, 2.05) is 13.8 Å². The number of fused-ring (bicyclic) bond motifs is 1. The number of amides is 3. The first kappa shape index (κ1) is 16.8. The molecule has 0 aliphatic carbocycles. The van der Waals surface area contributed by atoms with Crippen LogP contribution in [0.4, 0.5) is 4.79 Å². The summed E-state index contributed by atoms with van der Waals surface area (Å²) in [7, 11) is -3.31. The molecule has 9 heteroatoms. The zero-order valence-corrected chi connectivity index (χ0v) is 14.5. The molecule has 132 valence electrons. The van der Waals surface area contributed by atoms with Gasteiger partial charge in [-0.05, 0) is 26.0 Å². The number of urea groups is 1. The van der Waals surface area contributed by atoms with Gasteiger partial charge in [0.2, 0.25) is 0 Å². The second-order valence-electron chi connectivity index (χ2n) is 6.49. The first-order valence-electron chi connectivity index (χ1n) is 7.90. The Morgan fingerprint density at radius 3 is 2.42 bits per heavy atom. The number of nitrogens with zero attached hydrogens (tertiary/aromatic N) is 2. The van der Waals surface area contributed by atoms with Gasteiger partial charge >= 0.3 is 6.03 Å². The molecule has 2 aliphatic heterocycles. The van der Waals surface area contributed by atoms with Gasteiger partial charge in [-0.25, -0.2) is 13.2 Å². The molecule has 2 aliphatic rings. The van der Waals surface area contributed by atoms with Crippen molar-refractivity contribution in [3.63, 3.8) is 0 Å². The van der Waals surface area contributed by atoms with E-state index < -0.39 is 21.9 Å².